The minimum absolute atomic E-state index is 0.155. The van der Waals surface area contributed by atoms with Crippen LogP contribution in [-0.2, 0) is 17.8 Å². The van der Waals surface area contributed by atoms with E-state index in [1.807, 2.05) is 12.1 Å². The van der Waals surface area contributed by atoms with Crippen molar-refractivity contribution < 1.29 is 13.9 Å². The molecule has 1 aliphatic carbocycles. The van der Waals surface area contributed by atoms with Gasteiger partial charge in [-0.25, -0.2) is 11.0 Å². The van der Waals surface area contributed by atoms with E-state index in [-0.39, 0.29) is 30.0 Å². The van der Waals surface area contributed by atoms with Crippen molar-refractivity contribution in [3.63, 3.8) is 0 Å². The lowest BCUT2D eigenvalue weighted by Crippen LogP contribution is -2.56. The molecule has 1 saturated carbocycles. The molecule has 2 atom stereocenters. The fraction of sp³-hybridized carbons (Fsp3) is 0.533. The van der Waals surface area contributed by atoms with Gasteiger partial charge in [0.15, 0.2) is 0 Å². The molecule has 0 N–H and O–H groups in total. The minimum Gasteiger partial charge on any atom is -0.461 e. The van der Waals surface area contributed by atoms with Gasteiger partial charge in [-0.1, -0.05) is 35.8 Å². The second-order valence-electron chi connectivity index (χ2n) is 11.5. The Morgan fingerprint density at radius 1 is 1.19 bits per heavy atom. The zero-order valence-electron chi connectivity index (χ0n) is 23.4. The highest BCUT2D eigenvalue weighted by molar-refractivity contribution is 6.43. The van der Waals surface area contributed by atoms with E-state index in [0.717, 1.165) is 42.1 Å². The Labute approximate surface area is 255 Å². The van der Waals surface area contributed by atoms with Gasteiger partial charge in [-0.3, -0.25) is 9.69 Å². The molecule has 0 bridgehead atoms. The molecule has 3 fully saturated rings. The maximum atomic E-state index is 14.0. The van der Waals surface area contributed by atoms with Crippen LogP contribution in [0.4, 0.5) is 15.9 Å². The van der Waals surface area contributed by atoms with Crippen molar-refractivity contribution in [2.75, 3.05) is 62.2 Å². The number of aromatic nitrogens is 2. The monoisotopic (exact) mass is 613 g/mol. The fourth-order valence-electron chi connectivity index (χ4n) is 6.42. The average molecular weight is 615 g/mol. The van der Waals surface area contributed by atoms with E-state index in [0.29, 0.717) is 68.8 Å². The van der Waals surface area contributed by atoms with Crippen molar-refractivity contribution >= 4 is 40.6 Å². The summed E-state index contributed by atoms with van der Waals surface area (Å²) in [5.74, 6) is 0.612. The summed E-state index contributed by atoms with van der Waals surface area (Å²) >= 11 is 12.9. The van der Waals surface area contributed by atoms with Crippen LogP contribution < -0.4 is 14.5 Å². The van der Waals surface area contributed by atoms with E-state index in [9.17, 15) is 9.18 Å². The Hall–Kier alpha value is -3.13. The molecule has 0 spiro atoms. The molecule has 222 valence electrons. The molecule has 4 heterocycles. The third-order valence-electron chi connectivity index (χ3n) is 8.94. The number of fused-ring (bicyclic) bond motifs is 1. The number of rotatable bonds is 8. The fourth-order valence-corrected chi connectivity index (χ4v) is 6.83. The van der Waals surface area contributed by atoms with E-state index < -0.39 is 6.17 Å². The van der Waals surface area contributed by atoms with Gasteiger partial charge in [0.05, 0.1) is 33.5 Å². The number of halogens is 3. The predicted octanol–water partition coefficient (Wildman–Crippen LogP) is 4.42. The molecule has 2 saturated heterocycles. The maximum Gasteiger partial charge on any atom is 0.318 e. The Bertz CT molecular complexity index is 1410. The number of carbonyl (C=O) groups is 1. The van der Waals surface area contributed by atoms with Crippen molar-refractivity contribution in [2.24, 2.45) is 0 Å². The molecule has 42 heavy (non-hydrogen) atoms. The SMILES string of the molecule is [C-]#[N+]C[C@H]1CN(c2nc(OCC3(N4CC[C@H](F)C4)CC3)nc3c2CCN(c2cccc(Cl)c2Cl)C3)CCN1C(=O)C=C. The maximum absolute atomic E-state index is 14.0. The van der Waals surface area contributed by atoms with Crippen LogP contribution in [0.2, 0.25) is 10.0 Å². The molecule has 6 rings (SSSR count). The van der Waals surface area contributed by atoms with Gasteiger partial charge in [-0.15, -0.1) is 0 Å². The molecule has 9 nitrogen and oxygen atoms in total. The highest BCUT2D eigenvalue weighted by Gasteiger charge is 2.51. The van der Waals surface area contributed by atoms with Crippen LogP contribution in [0.5, 0.6) is 6.01 Å². The quantitative estimate of drug-likeness (QED) is 0.322. The molecule has 1 aromatic carbocycles. The number of ether oxygens (including phenoxy) is 1. The summed E-state index contributed by atoms with van der Waals surface area (Å²) in [6, 6.07) is 5.62. The third kappa shape index (κ3) is 5.62. The lowest BCUT2D eigenvalue weighted by molar-refractivity contribution is -0.128. The van der Waals surface area contributed by atoms with Crippen molar-refractivity contribution in [3.05, 3.63) is 63.6 Å². The number of likely N-dealkylation sites (tertiary alicyclic amines) is 1. The number of nitrogens with zero attached hydrogens (tertiary/aromatic N) is 7. The lowest BCUT2D eigenvalue weighted by atomic mass is 10.0. The first kappa shape index (κ1) is 29.0. The zero-order chi connectivity index (χ0) is 29.4. The summed E-state index contributed by atoms with van der Waals surface area (Å²) in [6.45, 7) is 15.6. The van der Waals surface area contributed by atoms with Gasteiger partial charge in [-0.05, 0) is 43.9 Å². The van der Waals surface area contributed by atoms with Gasteiger partial charge in [0.2, 0.25) is 12.5 Å². The number of hydrogen-bond acceptors (Lipinski definition) is 7. The van der Waals surface area contributed by atoms with E-state index in [1.54, 1.807) is 11.0 Å². The van der Waals surface area contributed by atoms with Crippen LogP contribution in [0.3, 0.4) is 0 Å². The number of hydrogen-bond donors (Lipinski definition) is 0. The van der Waals surface area contributed by atoms with Crippen LogP contribution in [0.1, 0.15) is 30.5 Å². The smallest absolute Gasteiger partial charge is 0.318 e. The van der Waals surface area contributed by atoms with Crippen LogP contribution in [0.25, 0.3) is 4.85 Å². The van der Waals surface area contributed by atoms with Crippen LogP contribution in [0, 0.1) is 6.57 Å². The van der Waals surface area contributed by atoms with E-state index >= 15 is 0 Å². The molecule has 0 unspecified atom stereocenters. The molecule has 4 aliphatic rings. The summed E-state index contributed by atoms with van der Waals surface area (Å²) in [4.78, 5) is 34.2. The molecule has 2 aromatic rings. The second kappa shape index (κ2) is 11.9. The number of carbonyl (C=O) groups excluding carboxylic acids is 1. The zero-order valence-corrected chi connectivity index (χ0v) is 25.0. The number of piperazine rings is 1. The molecular weight excluding hydrogens is 580 g/mol. The van der Waals surface area contributed by atoms with Gasteiger partial charge in [-0.2, -0.15) is 9.97 Å². The van der Waals surface area contributed by atoms with E-state index in [2.05, 4.69) is 26.1 Å². The summed E-state index contributed by atoms with van der Waals surface area (Å²) < 4.78 is 20.3. The van der Waals surface area contributed by atoms with Crippen LogP contribution in [0.15, 0.2) is 30.9 Å². The first-order valence-corrected chi connectivity index (χ1v) is 15.2. The summed E-state index contributed by atoms with van der Waals surface area (Å²) in [5, 5.41) is 1.00. The number of anilines is 2. The van der Waals surface area contributed by atoms with Crippen LogP contribution in [-0.4, -0.2) is 95.8 Å². The first-order chi connectivity index (χ1) is 20.3. The third-order valence-corrected chi connectivity index (χ3v) is 9.74. The van der Waals surface area contributed by atoms with Crippen molar-refractivity contribution in [1.82, 2.24) is 19.8 Å². The van der Waals surface area contributed by atoms with Crippen molar-refractivity contribution in [2.45, 2.75) is 50.0 Å². The topological polar surface area (TPSA) is 69.4 Å². The highest BCUT2D eigenvalue weighted by atomic mass is 35.5. The highest BCUT2D eigenvalue weighted by Crippen LogP contribution is 2.44. The molecule has 3 aliphatic heterocycles. The Morgan fingerprint density at radius 3 is 2.74 bits per heavy atom. The van der Waals surface area contributed by atoms with E-state index in [4.69, 9.17) is 44.5 Å². The first-order valence-electron chi connectivity index (χ1n) is 14.4. The van der Waals surface area contributed by atoms with Gasteiger partial charge in [0.1, 0.15) is 24.6 Å². The number of amides is 1. The molecule has 1 aromatic heterocycles. The van der Waals surface area contributed by atoms with Gasteiger partial charge in [0, 0.05) is 44.8 Å². The number of alkyl halides is 1. The van der Waals surface area contributed by atoms with Crippen molar-refractivity contribution in [3.8, 4) is 6.01 Å². The lowest BCUT2D eigenvalue weighted by Gasteiger charge is -2.41. The van der Waals surface area contributed by atoms with Gasteiger partial charge < -0.3 is 24.3 Å². The van der Waals surface area contributed by atoms with E-state index in [1.165, 1.54) is 6.08 Å². The molecule has 12 heteroatoms. The Morgan fingerprint density at radius 2 is 2.02 bits per heavy atom. The number of benzene rings is 1. The van der Waals surface area contributed by atoms with Gasteiger partial charge in [0.25, 0.3) is 0 Å². The largest absolute Gasteiger partial charge is 0.461 e. The summed E-state index contributed by atoms with van der Waals surface area (Å²) in [5.41, 5.74) is 2.57. The Kier molecular flexibility index (Phi) is 8.18. The average Bonchev–Trinajstić information content (AvgIpc) is 3.67. The normalized spacial score (nSPS) is 23.3. The molecular formula is C30H34Cl2FN7O2. The van der Waals surface area contributed by atoms with Gasteiger partial charge >= 0.3 is 6.01 Å². The molecule has 1 amide bonds. The van der Waals surface area contributed by atoms with Crippen molar-refractivity contribution in [1.29, 1.82) is 0 Å². The molecule has 0 radical (unpaired) electrons. The standard InChI is InChI=1S/C30H34Cl2FN7O2/c1-3-26(41)40-14-13-38(17-21(40)15-34-2)28-22-8-11-37(25-6-4-5-23(31)27(25)32)18-24(22)35-29(36-28)42-19-30(9-10-30)39-12-7-20(33)16-39/h3-6,20-21H,1,7-19H2/t20-,21-/m0/s1. The second-order valence-corrected chi connectivity index (χ2v) is 12.3. The Balaban J connectivity index is 1.30. The summed E-state index contributed by atoms with van der Waals surface area (Å²) in [6.07, 6.45) is 3.71. The minimum atomic E-state index is -0.784. The predicted molar refractivity (Wildman–Crippen MR) is 161 cm³/mol. The van der Waals surface area contributed by atoms with Crippen LogP contribution >= 0.6 is 23.2 Å². The summed E-state index contributed by atoms with van der Waals surface area (Å²) in [7, 11) is 0.